The monoisotopic (exact) mass is 250 g/mol. The zero-order valence-electron chi connectivity index (χ0n) is 6.43. The molecule has 2 radical (unpaired) electrons. The fourth-order valence-electron chi connectivity index (χ4n) is 0.823. The molecule has 0 amide bonds. The summed E-state index contributed by atoms with van der Waals surface area (Å²) in [6, 6.07) is 6.92. The van der Waals surface area contributed by atoms with Crippen molar-refractivity contribution in [2.24, 2.45) is 0 Å². The van der Waals surface area contributed by atoms with Crippen molar-refractivity contribution in [3.63, 3.8) is 0 Å². The number of carbonyl (C=O) groups is 1. The minimum atomic E-state index is -0.455. The summed E-state index contributed by atoms with van der Waals surface area (Å²) in [5.41, 5.74) is 0.482. The summed E-state index contributed by atoms with van der Waals surface area (Å²) in [4.78, 5) is 10.7. The van der Waals surface area contributed by atoms with E-state index in [9.17, 15) is 4.79 Å². The minimum absolute atomic E-state index is 0.327. The molecule has 0 N–H and O–H groups in total. The lowest BCUT2D eigenvalue weighted by Gasteiger charge is -2.00. The molecular formula is C8H5Cl3OSi. The second-order valence-electron chi connectivity index (χ2n) is 2.30. The average molecular weight is 252 g/mol. The number of hydrogen-bond donors (Lipinski definition) is 0. The lowest BCUT2D eigenvalue weighted by Crippen LogP contribution is -2.20. The first kappa shape index (κ1) is 11.1. The maximum Gasteiger partial charge on any atom is 0.252 e. The maximum atomic E-state index is 10.7. The number of alkyl halides is 2. The molecule has 0 saturated carbocycles. The van der Waals surface area contributed by atoms with E-state index in [2.05, 4.69) is 0 Å². The van der Waals surface area contributed by atoms with Gasteiger partial charge >= 0.3 is 0 Å². The summed E-state index contributed by atoms with van der Waals surface area (Å²) in [6.07, 6.45) is 0. The summed E-state index contributed by atoms with van der Waals surface area (Å²) in [6.45, 7) is 0. The molecule has 0 atom stereocenters. The molecule has 1 rings (SSSR count). The van der Waals surface area contributed by atoms with Gasteiger partial charge in [0.1, 0.15) is 9.52 Å². The Bertz CT molecular complexity index is 297. The molecule has 0 aliphatic carbocycles. The van der Waals surface area contributed by atoms with Crippen LogP contribution in [0, 0.1) is 0 Å². The third kappa shape index (κ3) is 3.69. The highest BCUT2D eigenvalue weighted by Gasteiger charge is 2.05. The smallest absolute Gasteiger partial charge is 0.252 e. The van der Waals surface area contributed by atoms with E-state index < -0.39 is 9.70 Å². The van der Waals surface area contributed by atoms with Gasteiger partial charge in [-0.05, 0) is 11.6 Å². The molecule has 0 aliphatic heterocycles. The predicted octanol–water partition coefficient (Wildman–Crippen LogP) is 2.16. The standard InChI is InChI=1S/C8H5Cl3OSi/c9-7(12)5-1-3-6(4-2-5)13-8(10)11/h1-4,8H. The zero-order chi connectivity index (χ0) is 9.84. The van der Waals surface area contributed by atoms with Crippen LogP contribution in [0.3, 0.4) is 0 Å². The largest absolute Gasteiger partial charge is 0.276 e. The summed E-state index contributed by atoms with van der Waals surface area (Å²) >= 11 is 16.5. The van der Waals surface area contributed by atoms with Crippen LogP contribution in [0.1, 0.15) is 10.4 Å². The summed E-state index contributed by atoms with van der Waals surface area (Å²) < 4.78 is -0.391. The van der Waals surface area contributed by atoms with Gasteiger partial charge in [0.25, 0.3) is 5.24 Å². The van der Waals surface area contributed by atoms with E-state index >= 15 is 0 Å². The lowest BCUT2D eigenvalue weighted by atomic mass is 10.2. The van der Waals surface area contributed by atoms with Gasteiger partial charge < -0.3 is 0 Å². The Balaban J connectivity index is 2.75. The highest BCUT2D eigenvalue weighted by Crippen LogP contribution is 2.03. The molecule has 13 heavy (non-hydrogen) atoms. The molecule has 0 unspecified atom stereocenters. The second-order valence-corrected chi connectivity index (χ2v) is 5.91. The Kier molecular flexibility index (Phi) is 4.26. The molecule has 1 nitrogen and oxygen atoms in total. The van der Waals surface area contributed by atoms with E-state index in [4.69, 9.17) is 34.8 Å². The van der Waals surface area contributed by atoms with Crippen molar-refractivity contribution in [2.75, 3.05) is 0 Å². The van der Waals surface area contributed by atoms with Gasteiger partial charge in [-0.15, -0.1) is 23.2 Å². The SMILES string of the molecule is O=C(Cl)c1ccc([Si]C(Cl)Cl)cc1. The van der Waals surface area contributed by atoms with Crippen molar-refractivity contribution < 1.29 is 4.79 Å². The zero-order valence-corrected chi connectivity index (χ0v) is 9.70. The highest BCUT2D eigenvalue weighted by atomic mass is 35.5. The normalized spacial score (nSPS) is 10.5. The quantitative estimate of drug-likeness (QED) is 0.457. The number of benzene rings is 1. The third-order valence-electron chi connectivity index (χ3n) is 1.39. The number of carbonyl (C=O) groups excluding carboxylic acids is 1. The molecule has 0 spiro atoms. The molecule has 0 aromatic heterocycles. The van der Waals surface area contributed by atoms with Crippen molar-refractivity contribution in [1.82, 2.24) is 0 Å². The first-order valence-electron chi connectivity index (χ1n) is 3.44. The predicted molar refractivity (Wildman–Crippen MR) is 57.5 cm³/mol. The van der Waals surface area contributed by atoms with E-state index in [1.165, 1.54) is 0 Å². The van der Waals surface area contributed by atoms with E-state index in [0.717, 1.165) is 5.19 Å². The van der Waals surface area contributed by atoms with Crippen LogP contribution in [0.15, 0.2) is 24.3 Å². The van der Waals surface area contributed by atoms with Crippen LogP contribution in [0.4, 0.5) is 0 Å². The molecule has 0 aliphatic rings. The molecule has 0 saturated heterocycles. The van der Waals surface area contributed by atoms with Gasteiger partial charge in [-0.1, -0.05) is 29.5 Å². The summed E-state index contributed by atoms with van der Waals surface area (Å²) in [5, 5.41) is 0.555. The summed E-state index contributed by atoms with van der Waals surface area (Å²) in [7, 11) is 0.327. The molecule has 68 valence electrons. The van der Waals surface area contributed by atoms with Gasteiger partial charge in [0.15, 0.2) is 0 Å². The average Bonchev–Trinajstić information content (AvgIpc) is 2.04. The van der Waals surface area contributed by atoms with Crippen LogP contribution in [0.2, 0.25) is 0 Å². The lowest BCUT2D eigenvalue weighted by molar-refractivity contribution is 0.108. The highest BCUT2D eigenvalue weighted by molar-refractivity contribution is 6.75. The Morgan fingerprint density at radius 1 is 1.23 bits per heavy atom. The molecule has 0 heterocycles. The van der Waals surface area contributed by atoms with Crippen LogP contribution in [0.5, 0.6) is 0 Å². The van der Waals surface area contributed by atoms with Crippen LogP contribution in [-0.2, 0) is 0 Å². The maximum absolute atomic E-state index is 10.7. The Morgan fingerprint density at radius 3 is 2.15 bits per heavy atom. The van der Waals surface area contributed by atoms with Crippen molar-refractivity contribution in [1.29, 1.82) is 0 Å². The van der Waals surface area contributed by atoms with Gasteiger partial charge in [0, 0.05) is 5.56 Å². The van der Waals surface area contributed by atoms with Gasteiger partial charge in [0.05, 0.1) is 4.46 Å². The third-order valence-corrected chi connectivity index (χ3v) is 3.15. The summed E-state index contributed by atoms with van der Waals surface area (Å²) in [5.74, 6) is 0. The van der Waals surface area contributed by atoms with Gasteiger partial charge in [-0.3, -0.25) is 4.79 Å². The number of halogens is 3. The molecule has 1 aromatic rings. The van der Waals surface area contributed by atoms with Crippen LogP contribution >= 0.6 is 34.8 Å². The van der Waals surface area contributed by atoms with E-state index in [1.807, 2.05) is 0 Å². The van der Waals surface area contributed by atoms with Crippen molar-refractivity contribution in [2.45, 2.75) is 4.46 Å². The van der Waals surface area contributed by atoms with E-state index in [1.54, 1.807) is 24.3 Å². The minimum Gasteiger partial charge on any atom is -0.276 e. The molecule has 5 heteroatoms. The van der Waals surface area contributed by atoms with Crippen LogP contribution in [-0.4, -0.2) is 19.2 Å². The van der Waals surface area contributed by atoms with Crippen LogP contribution < -0.4 is 5.19 Å². The van der Waals surface area contributed by atoms with Crippen molar-refractivity contribution in [3.8, 4) is 0 Å². The Hall–Kier alpha value is -0.0231. The van der Waals surface area contributed by atoms with Crippen molar-refractivity contribution >= 4 is 54.8 Å². The Morgan fingerprint density at radius 2 is 1.77 bits per heavy atom. The Labute approximate surface area is 93.8 Å². The fraction of sp³-hybridized carbons (Fsp3) is 0.125. The van der Waals surface area contributed by atoms with E-state index in [-0.39, 0.29) is 0 Å². The van der Waals surface area contributed by atoms with Crippen molar-refractivity contribution in [3.05, 3.63) is 29.8 Å². The first-order chi connectivity index (χ1) is 6.09. The van der Waals surface area contributed by atoms with E-state index in [0.29, 0.717) is 15.1 Å². The fourth-order valence-corrected chi connectivity index (χ4v) is 2.32. The molecule has 1 aromatic carbocycles. The first-order valence-corrected chi connectivity index (χ1v) is 5.77. The number of hydrogen-bond acceptors (Lipinski definition) is 1. The van der Waals surface area contributed by atoms with Crippen LogP contribution in [0.25, 0.3) is 0 Å². The van der Waals surface area contributed by atoms with Gasteiger partial charge in [-0.25, -0.2) is 0 Å². The van der Waals surface area contributed by atoms with Gasteiger partial charge in [0.2, 0.25) is 0 Å². The second kappa shape index (κ2) is 5.01. The number of rotatable bonds is 3. The molecular weight excluding hydrogens is 247 g/mol. The molecule has 0 bridgehead atoms. The van der Waals surface area contributed by atoms with Gasteiger partial charge in [-0.2, -0.15) is 0 Å². The molecule has 0 fully saturated rings. The topological polar surface area (TPSA) is 17.1 Å².